The molecule has 0 aliphatic carbocycles. The van der Waals surface area contributed by atoms with Crippen molar-refractivity contribution in [3.05, 3.63) is 92.4 Å². The number of sulfonamides is 1. The van der Waals surface area contributed by atoms with Gasteiger partial charge in [-0.3, -0.25) is 14.9 Å². The number of anilines is 1. The zero-order chi connectivity index (χ0) is 28.4. The molecule has 5 rings (SSSR count). The molecule has 1 saturated heterocycles. The van der Waals surface area contributed by atoms with Gasteiger partial charge in [-0.1, -0.05) is 33.7 Å². The molecular weight excluding hydrogens is 618 g/mol. The first-order valence-corrected chi connectivity index (χ1v) is 15.5. The number of halogens is 1. The number of nitro benzene ring substituents is 1. The summed E-state index contributed by atoms with van der Waals surface area (Å²) in [6, 6.07) is 17.1. The molecule has 40 heavy (non-hydrogen) atoms. The number of aromatic nitrogens is 1. The van der Waals surface area contributed by atoms with Crippen molar-refractivity contribution in [2.24, 2.45) is 5.10 Å². The zero-order valence-electron chi connectivity index (χ0n) is 21.3. The lowest BCUT2D eigenvalue weighted by Crippen LogP contribution is -2.41. The minimum atomic E-state index is -3.69. The fraction of sp³-hybridized carbons (Fsp3) is 0.222. The lowest BCUT2D eigenvalue weighted by molar-refractivity contribution is -0.384. The van der Waals surface area contributed by atoms with Gasteiger partial charge in [-0.05, 0) is 79.9 Å². The van der Waals surface area contributed by atoms with E-state index in [0.717, 1.165) is 33.4 Å². The smallest absolute Gasteiger partial charge is 0.267 e. The van der Waals surface area contributed by atoms with Crippen molar-refractivity contribution in [3.63, 3.8) is 0 Å². The molecule has 0 N–H and O–H groups in total. The van der Waals surface area contributed by atoms with Crippen LogP contribution in [0.2, 0.25) is 0 Å². The van der Waals surface area contributed by atoms with Crippen molar-refractivity contribution in [1.29, 1.82) is 0 Å². The van der Waals surface area contributed by atoms with E-state index in [9.17, 15) is 23.3 Å². The van der Waals surface area contributed by atoms with Gasteiger partial charge >= 0.3 is 0 Å². The molecule has 0 radical (unpaired) electrons. The molecule has 1 amide bonds. The van der Waals surface area contributed by atoms with E-state index in [0.29, 0.717) is 22.8 Å². The molecule has 1 aliphatic rings. The zero-order valence-corrected chi connectivity index (χ0v) is 24.5. The molecule has 13 heteroatoms. The quantitative estimate of drug-likeness (QED) is 0.134. The summed E-state index contributed by atoms with van der Waals surface area (Å²) >= 11 is 4.71. The number of nitrogens with zero attached hydrogens (tertiary/aromatic N) is 5. The number of hydrogen-bond acceptors (Lipinski definition) is 8. The number of thiazole rings is 1. The van der Waals surface area contributed by atoms with Crippen LogP contribution in [0.3, 0.4) is 0 Å². The molecule has 2 heterocycles. The van der Waals surface area contributed by atoms with Crippen LogP contribution in [0.1, 0.15) is 42.1 Å². The molecule has 10 nitrogen and oxygen atoms in total. The number of amides is 1. The largest absolute Gasteiger partial charge is 0.280 e. The number of nitro groups is 1. The number of non-ortho nitro benzene ring substituents is 1. The lowest BCUT2D eigenvalue weighted by Gasteiger charge is -2.32. The van der Waals surface area contributed by atoms with Crippen molar-refractivity contribution in [2.45, 2.75) is 37.1 Å². The Bertz CT molecular complexity index is 1710. The molecule has 1 unspecified atom stereocenters. The van der Waals surface area contributed by atoms with E-state index in [1.165, 1.54) is 70.4 Å². The summed E-state index contributed by atoms with van der Waals surface area (Å²) in [5.41, 5.74) is 1.40. The van der Waals surface area contributed by atoms with Crippen LogP contribution in [0.5, 0.6) is 0 Å². The van der Waals surface area contributed by atoms with Crippen LogP contribution in [0.4, 0.5) is 10.8 Å². The summed E-state index contributed by atoms with van der Waals surface area (Å²) in [6.45, 7) is 2.38. The van der Waals surface area contributed by atoms with Gasteiger partial charge in [0.1, 0.15) is 0 Å². The summed E-state index contributed by atoms with van der Waals surface area (Å²) < 4.78 is 29.7. The van der Waals surface area contributed by atoms with Gasteiger partial charge in [0.25, 0.3) is 11.6 Å². The van der Waals surface area contributed by atoms with Crippen LogP contribution >= 0.6 is 27.3 Å². The van der Waals surface area contributed by atoms with E-state index in [1.807, 2.05) is 25.1 Å². The highest BCUT2D eigenvalue weighted by Crippen LogP contribution is 2.32. The number of carbonyl (C=O) groups is 1. The summed E-state index contributed by atoms with van der Waals surface area (Å²) in [5, 5.41) is 16.8. The maximum Gasteiger partial charge on any atom is 0.280 e. The number of benzene rings is 3. The number of rotatable bonds is 7. The van der Waals surface area contributed by atoms with Gasteiger partial charge < -0.3 is 0 Å². The third kappa shape index (κ3) is 5.82. The Labute approximate surface area is 243 Å². The second-order valence-electron chi connectivity index (χ2n) is 9.30. The summed E-state index contributed by atoms with van der Waals surface area (Å²) in [4.78, 5) is 28.9. The van der Waals surface area contributed by atoms with Crippen molar-refractivity contribution >= 4 is 70.4 Å². The first kappa shape index (κ1) is 28.0. The molecule has 0 saturated carbocycles. The van der Waals surface area contributed by atoms with E-state index in [1.54, 1.807) is 0 Å². The van der Waals surface area contributed by atoms with Gasteiger partial charge in [0.2, 0.25) is 15.2 Å². The minimum absolute atomic E-state index is 0.0594. The molecule has 206 valence electrons. The Morgan fingerprint density at radius 1 is 1.15 bits per heavy atom. The fourth-order valence-corrected chi connectivity index (χ4v) is 7.60. The van der Waals surface area contributed by atoms with E-state index in [-0.39, 0.29) is 22.2 Å². The van der Waals surface area contributed by atoms with Crippen LogP contribution in [-0.4, -0.2) is 47.3 Å². The van der Waals surface area contributed by atoms with Crippen LogP contribution in [-0.2, 0) is 10.0 Å². The predicted octanol–water partition coefficient (Wildman–Crippen LogP) is 6.21. The second-order valence-corrected chi connectivity index (χ2v) is 13.1. The van der Waals surface area contributed by atoms with Crippen molar-refractivity contribution in [1.82, 2.24) is 9.29 Å². The topological polar surface area (TPSA) is 126 Å². The van der Waals surface area contributed by atoms with Crippen molar-refractivity contribution < 1.29 is 18.1 Å². The Morgan fingerprint density at radius 3 is 2.55 bits per heavy atom. The van der Waals surface area contributed by atoms with E-state index >= 15 is 0 Å². The fourth-order valence-electron chi connectivity index (χ4n) is 4.43. The summed E-state index contributed by atoms with van der Waals surface area (Å²) in [6.07, 6.45) is 4.05. The minimum Gasteiger partial charge on any atom is -0.267 e. The molecule has 1 fully saturated rings. The maximum absolute atomic E-state index is 13.7. The molecule has 3 aromatic carbocycles. The first-order valence-electron chi connectivity index (χ1n) is 12.4. The van der Waals surface area contributed by atoms with Gasteiger partial charge in [0, 0.05) is 34.8 Å². The van der Waals surface area contributed by atoms with Crippen molar-refractivity contribution in [3.8, 4) is 0 Å². The average Bonchev–Trinajstić information content (AvgIpc) is 3.36. The molecule has 1 aliphatic heterocycles. The number of carbonyl (C=O) groups excluding carboxylic acids is 1. The number of hydrazone groups is 1. The normalized spacial score (nSPS) is 16.4. The van der Waals surface area contributed by atoms with Crippen LogP contribution in [0.15, 0.2) is 81.2 Å². The predicted molar refractivity (Wildman–Crippen MR) is 158 cm³/mol. The molecular formula is C27H24BrN5O5S2. The van der Waals surface area contributed by atoms with Gasteiger partial charge in [-0.15, -0.1) is 0 Å². The van der Waals surface area contributed by atoms with Gasteiger partial charge in [-0.2, -0.15) is 14.4 Å². The molecule has 0 bridgehead atoms. The third-order valence-electron chi connectivity index (χ3n) is 6.59. The van der Waals surface area contributed by atoms with Crippen LogP contribution < -0.4 is 5.01 Å². The Morgan fingerprint density at radius 2 is 1.88 bits per heavy atom. The maximum atomic E-state index is 13.7. The van der Waals surface area contributed by atoms with Crippen LogP contribution in [0, 0.1) is 10.1 Å². The van der Waals surface area contributed by atoms with E-state index in [2.05, 4.69) is 26.0 Å². The number of fused-ring (bicyclic) bond motifs is 1. The highest BCUT2D eigenvalue weighted by atomic mass is 79.9. The number of hydrogen-bond donors (Lipinski definition) is 0. The average molecular weight is 643 g/mol. The van der Waals surface area contributed by atoms with E-state index in [4.69, 9.17) is 0 Å². The number of piperidine rings is 1. The standard InChI is InChI=1S/C27H24BrN5O5S2/c1-18-4-2-3-15-31(18)40(37,38)23-12-7-20(8-13-23)26(34)32(27-30-24-14-9-21(28)16-25(24)39-27)29-17-19-5-10-22(11-6-19)33(35)36/h5-14,16-18H,2-4,15H2,1H3/b29-17+. The van der Waals surface area contributed by atoms with Gasteiger partial charge in [0.15, 0.2) is 0 Å². The summed E-state index contributed by atoms with van der Waals surface area (Å²) in [7, 11) is -3.69. The molecule has 1 atom stereocenters. The van der Waals surface area contributed by atoms with Gasteiger partial charge in [0.05, 0.1) is 26.3 Å². The monoisotopic (exact) mass is 641 g/mol. The van der Waals surface area contributed by atoms with Crippen LogP contribution in [0.25, 0.3) is 10.2 Å². The SMILES string of the molecule is CC1CCCCN1S(=O)(=O)c1ccc(C(=O)N(/N=C/c2ccc([N+](=O)[O-])cc2)c2nc3ccc(Br)cc3s2)cc1. The lowest BCUT2D eigenvalue weighted by atomic mass is 10.1. The van der Waals surface area contributed by atoms with Crippen molar-refractivity contribution in [2.75, 3.05) is 11.6 Å². The second kappa shape index (κ2) is 11.5. The third-order valence-corrected chi connectivity index (χ3v) is 10.1. The van der Waals surface area contributed by atoms with E-state index < -0.39 is 20.9 Å². The molecule has 1 aromatic heterocycles. The highest BCUT2D eigenvalue weighted by Gasteiger charge is 2.31. The first-order chi connectivity index (χ1) is 19.1. The molecule has 0 spiro atoms. The van der Waals surface area contributed by atoms with Gasteiger partial charge in [-0.25, -0.2) is 13.4 Å². The highest BCUT2D eigenvalue weighted by molar-refractivity contribution is 9.10. The summed E-state index contributed by atoms with van der Waals surface area (Å²) in [5.74, 6) is -0.508. The Kier molecular flexibility index (Phi) is 8.08. The molecule has 4 aromatic rings. The Hall–Kier alpha value is -3.52. The Balaban J connectivity index is 1.47.